The van der Waals surface area contributed by atoms with Gasteiger partial charge in [-0.2, -0.15) is 0 Å². The van der Waals surface area contributed by atoms with Crippen LogP contribution in [0.1, 0.15) is 53.4 Å². The molecule has 0 fully saturated rings. The van der Waals surface area contributed by atoms with E-state index < -0.39 is 41.9 Å². The van der Waals surface area contributed by atoms with Crippen LogP contribution < -0.4 is 16.4 Å². The highest BCUT2D eigenvalue weighted by atomic mass is 16.4. The summed E-state index contributed by atoms with van der Waals surface area (Å²) in [4.78, 5) is 46.6. The predicted molar refractivity (Wildman–Crippen MR) is 95.3 cm³/mol. The molecule has 0 saturated heterocycles. The first kappa shape index (κ1) is 23.8. The van der Waals surface area contributed by atoms with Crippen molar-refractivity contribution in [1.29, 1.82) is 0 Å². The molecule has 0 aliphatic rings. The average molecular weight is 373 g/mol. The van der Waals surface area contributed by atoms with Crippen LogP contribution in [0.25, 0.3) is 0 Å². The van der Waals surface area contributed by atoms with Gasteiger partial charge in [0.25, 0.3) is 0 Å². The van der Waals surface area contributed by atoms with Crippen LogP contribution in [0.5, 0.6) is 0 Å². The Morgan fingerprint density at radius 3 is 2.00 bits per heavy atom. The molecule has 0 bridgehead atoms. The summed E-state index contributed by atoms with van der Waals surface area (Å²) in [5.41, 5.74) is 5.66. The highest BCUT2D eigenvalue weighted by Crippen LogP contribution is 2.11. The molecular formula is C17H31N3O6. The van der Waals surface area contributed by atoms with Gasteiger partial charge in [0.1, 0.15) is 12.1 Å². The van der Waals surface area contributed by atoms with Crippen molar-refractivity contribution in [1.82, 2.24) is 10.6 Å². The molecule has 0 heterocycles. The van der Waals surface area contributed by atoms with E-state index in [1.165, 1.54) is 0 Å². The van der Waals surface area contributed by atoms with Gasteiger partial charge in [0.15, 0.2) is 0 Å². The van der Waals surface area contributed by atoms with E-state index in [4.69, 9.17) is 10.8 Å². The number of nitrogens with one attached hydrogen (secondary N) is 2. The first-order valence-corrected chi connectivity index (χ1v) is 8.80. The summed E-state index contributed by atoms with van der Waals surface area (Å²) in [6, 6.07) is -3.05. The zero-order chi connectivity index (χ0) is 20.4. The van der Waals surface area contributed by atoms with Crippen LogP contribution in [0.4, 0.5) is 0 Å². The topological polar surface area (TPSA) is 159 Å². The van der Waals surface area contributed by atoms with Crippen molar-refractivity contribution >= 4 is 23.8 Å². The van der Waals surface area contributed by atoms with Crippen LogP contribution >= 0.6 is 0 Å². The lowest BCUT2D eigenvalue weighted by Crippen LogP contribution is -2.56. The SMILES string of the molecule is CC[C@H](C)[C@H](NC(=O)[C@H](CC(C)C)NC(=O)[C@@H](N)CCC(=O)O)C(=O)O. The van der Waals surface area contributed by atoms with Gasteiger partial charge in [0.05, 0.1) is 6.04 Å². The summed E-state index contributed by atoms with van der Waals surface area (Å²) < 4.78 is 0. The predicted octanol–water partition coefficient (Wildman–Crippen LogP) is 0.325. The molecule has 0 spiro atoms. The van der Waals surface area contributed by atoms with E-state index in [1.807, 2.05) is 20.8 Å². The maximum Gasteiger partial charge on any atom is 0.326 e. The highest BCUT2D eigenvalue weighted by Gasteiger charge is 2.30. The van der Waals surface area contributed by atoms with Gasteiger partial charge in [-0.25, -0.2) is 4.79 Å². The summed E-state index contributed by atoms with van der Waals surface area (Å²) in [7, 11) is 0. The molecule has 0 unspecified atom stereocenters. The van der Waals surface area contributed by atoms with Crippen LogP contribution in [0.3, 0.4) is 0 Å². The summed E-state index contributed by atoms with van der Waals surface area (Å²) in [6.07, 6.45) is 0.557. The third-order valence-electron chi connectivity index (χ3n) is 4.12. The molecule has 0 aliphatic heterocycles. The van der Waals surface area contributed by atoms with Crippen LogP contribution in [-0.2, 0) is 19.2 Å². The number of amides is 2. The first-order valence-electron chi connectivity index (χ1n) is 8.80. The van der Waals surface area contributed by atoms with Crippen LogP contribution in [0.15, 0.2) is 0 Å². The summed E-state index contributed by atoms with van der Waals surface area (Å²) in [5.74, 6) is -3.64. The maximum atomic E-state index is 12.5. The van der Waals surface area contributed by atoms with E-state index in [0.29, 0.717) is 12.8 Å². The minimum atomic E-state index is -1.14. The van der Waals surface area contributed by atoms with Gasteiger partial charge in [-0.05, 0) is 24.7 Å². The largest absolute Gasteiger partial charge is 0.481 e. The Morgan fingerprint density at radius 1 is 1.00 bits per heavy atom. The Balaban J connectivity index is 5.06. The second kappa shape index (κ2) is 11.5. The molecular weight excluding hydrogens is 342 g/mol. The van der Waals surface area contributed by atoms with Crippen LogP contribution in [0.2, 0.25) is 0 Å². The third-order valence-corrected chi connectivity index (χ3v) is 4.12. The lowest BCUT2D eigenvalue weighted by atomic mass is 9.97. The monoisotopic (exact) mass is 373 g/mol. The molecule has 0 aromatic rings. The minimum absolute atomic E-state index is 0.0538. The molecule has 0 aromatic heterocycles. The van der Waals surface area contributed by atoms with E-state index in [9.17, 15) is 24.3 Å². The Morgan fingerprint density at radius 2 is 1.58 bits per heavy atom. The number of carboxylic acid groups (broad SMARTS) is 2. The molecule has 9 nitrogen and oxygen atoms in total. The fourth-order valence-electron chi connectivity index (χ4n) is 2.33. The molecule has 6 N–H and O–H groups in total. The van der Waals surface area contributed by atoms with Gasteiger partial charge in [-0.15, -0.1) is 0 Å². The quantitative estimate of drug-likeness (QED) is 0.329. The number of carbonyl (C=O) groups excluding carboxylic acids is 2. The minimum Gasteiger partial charge on any atom is -0.481 e. The van der Waals surface area contributed by atoms with Crippen molar-refractivity contribution in [2.24, 2.45) is 17.6 Å². The van der Waals surface area contributed by atoms with E-state index in [2.05, 4.69) is 10.6 Å². The van der Waals surface area contributed by atoms with Crippen LogP contribution in [-0.4, -0.2) is 52.1 Å². The van der Waals surface area contributed by atoms with Crippen molar-refractivity contribution in [2.45, 2.75) is 71.5 Å². The van der Waals surface area contributed by atoms with E-state index in [1.54, 1.807) is 6.92 Å². The van der Waals surface area contributed by atoms with Crippen molar-refractivity contribution in [3.05, 3.63) is 0 Å². The lowest BCUT2D eigenvalue weighted by molar-refractivity contribution is -0.143. The second-order valence-electron chi connectivity index (χ2n) is 6.94. The maximum absolute atomic E-state index is 12.5. The number of aliphatic carboxylic acids is 2. The Labute approximate surface area is 153 Å². The zero-order valence-corrected chi connectivity index (χ0v) is 15.8. The molecule has 0 radical (unpaired) electrons. The summed E-state index contributed by atoms with van der Waals surface area (Å²) in [5, 5.41) is 22.9. The van der Waals surface area contributed by atoms with Crippen molar-refractivity contribution in [3.63, 3.8) is 0 Å². The van der Waals surface area contributed by atoms with Gasteiger partial charge in [0.2, 0.25) is 11.8 Å². The fraction of sp³-hybridized carbons (Fsp3) is 0.765. The number of carbonyl (C=O) groups is 4. The average Bonchev–Trinajstić information content (AvgIpc) is 2.54. The molecule has 4 atom stereocenters. The first-order chi connectivity index (χ1) is 12.0. The molecule has 2 amide bonds. The molecule has 150 valence electrons. The second-order valence-corrected chi connectivity index (χ2v) is 6.94. The van der Waals surface area contributed by atoms with Gasteiger partial charge < -0.3 is 26.6 Å². The smallest absolute Gasteiger partial charge is 0.326 e. The Kier molecular flexibility index (Phi) is 10.5. The van der Waals surface area contributed by atoms with E-state index in [0.717, 1.165) is 0 Å². The van der Waals surface area contributed by atoms with Gasteiger partial charge >= 0.3 is 11.9 Å². The van der Waals surface area contributed by atoms with E-state index >= 15 is 0 Å². The number of rotatable bonds is 12. The van der Waals surface area contributed by atoms with E-state index in [-0.39, 0.29) is 24.7 Å². The highest BCUT2D eigenvalue weighted by molar-refractivity contribution is 5.91. The molecule has 0 aliphatic carbocycles. The zero-order valence-electron chi connectivity index (χ0n) is 15.8. The number of hydrogen-bond donors (Lipinski definition) is 5. The van der Waals surface area contributed by atoms with Gasteiger partial charge in [-0.1, -0.05) is 34.1 Å². The standard InChI is InChI=1S/C17H31N3O6/c1-5-10(4)14(17(25)26)20-16(24)12(8-9(2)3)19-15(23)11(18)6-7-13(21)22/h9-12,14H,5-8,18H2,1-4H3,(H,19,23)(H,20,24)(H,21,22)(H,25,26)/t10-,11-,12-,14-/m0/s1. The van der Waals surface area contributed by atoms with Crippen molar-refractivity contribution in [2.75, 3.05) is 0 Å². The fourth-order valence-corrected chi connectivity index (χ4v) is 2.33. The Hall–Kier alpha value is -2.16. The Bertz CT molecular complexity index is 509. The third kappa shape index (κ3) is 8.80. The summed E-state index contributed by atoms with van der Waals surface area (Å²) >= 11 is 0. The molecule has 26 heavy (non-hydrogen) atoms. The van der Waals surface area contributed by atoms with Crippen LogP contribution in [0, 0.1) is 11.8 Å². The normalized spacial score (nSPS) is 15.6. The molecule has 0 saturated carbocycles. The number of hydrogen-bond acceptors (Lipinski definition) is 5. The van der Waals surface area contributed by atoms with Gasteiger partial charge in [-0.3, -0.25) is 14.4 Å². The van der Waals surface area contributed by atoms with Gasteiger partial charge in [0, 0.05) is 6.42 Å². The number of carboxylic acids is 2. The summed E-state index contributed by atoms with van der Waals surface area (Å²) in [6.45, 7) is 7.26. The molecule has 0 aromatic carbocycles. The molecule has 0 rings (SSSR count). The lowest BCUT2D eigenvalue weighted by Gasteiger charge is -2.26. The number of nitrogens with two attached hydrogens (primary N) is 1. The van der Waals surface area contributed by atoms with Crippen molar-refractivity contribution in [3.8, 4) is 0 Å². The van der Waals surface area contributed by atoms with Crippen molar-refractivity contribution < 1.29 is 29.4 Å². The molecule has 9 heteroatoms.